The Labute approximate surface area is 108 Å². The van der Waals surface area contributed by atoms with Gasteiger partial charge in [-0.15, -0.1) is 0 Å². The molecule has 0 saturated heterocycles. The van der Waals surface area contributed by atoms with Crippen molar-refractivity contribution in [2.45, 2.75) is 19.8 Å². The molecule has 0 bridgehead atoms. The second-order valence-corrected chi connectivity index (χ2v) is 3.94. The normalized spacial score (nSPS) is 10.1. The van der Waals surface area contributed by atoms with Gasteiger partial charge in [0.25, 0.3) is 5.91 Å². The van der Waals surface area contributed by atoms with E-state index in [2.05, 4.69) is 22.5 Å². The quantitative estimate of drug-likeness (QED) is 0.690. The third-order valence-electron chi connectivity index (χ3n) is 2.35. The molecule has 0 radical (unpaired) electrons. The molecule has 0 saturated carbocycles. The fourth-order valence-corrected chi connectivity index (χ4v) is 1.42. The predicted molar refractivity (Wildman–Crippen MR) is 71.8 cm³/mol. The highest BCUT2D eigenvalue weighted by molar-refractivity contribution is 5.92. The average Bonchev–Trinajstić information content (AvgIpc) is 2.41. The number of hydrogen-bond donors (Lipinski definition) is 2. The molecule has 2 N–H and O–H groups in total. The molecule has 5 heteroatoms. The van der Waals surface area contributed by atoms with Crippen molar-refractivity contribution >= 4 is 11.7 Å². The van der Waals surface area contributed by atoms with Crippen molar-refractivity contribution in [2.75, 3.05) is 32.1 Å². The SMILES string of the molecule is CCCNc1cccc(C(=O)NCCCOC)n1. The van der Waals surface area contributed by atoms with Crippen LogP contribution in [0.3, 0.4) is 0 Å². The highest BCUT2D eigenvalue weighted by Crippen LogP contribution is 2.04. The molecule has 0 aliphatic heterocycles. The number of carbonyl (C=O) groups is 1. The number of nitrogens with one attached hydrogen (secondary N) is 2. The van der Waals surface area contributed by atoms with E-state index in [9.17, 15) is 4.79 Å². The lowest BCUT2D eigenvalue weighted by molar-refractivity contribution is 0.0944. The summed E-state index contributed by atoms with van der Waals surface area (Å²) >= 11 is 0. The molecule has 5 nitrogen and oxygen atoms in total. The lowest BCUT2D eigenvalue weighted by Crippen LogP contribution is -2.26. The molecule has 0 aliphatic rings. The summed E-state index contributed by atoms with van der Waals surface area (Å²) in [4.78, 5) is 16.0. The van der Waals surface area contributed by atoms with Gasteiger partial charge in [-0.05, 0) is 25.0 Å². The number of anilines is 1. The van der Waals surface area contributed by atoms with Crippen molar-refractivity contribution in [1.82, 2.24) is 10.3 Å². The molecule has 0 aromatic carbocycles. The van der Waals surface area contributed by atoms with E-state index >= 15 is 0 Å². The van der Waals surface area contributed by atoms with Crippen molar-refractivity contribution in [3.8, 4) is 0 Å². The Bertz CT molecular complexity index is 369. The zero-order valence-electron chi connectivity index (χ0n) is 11.0. The van der Waals surface area contributed by atoms with Crippen LogP contribution in [0.5, 0.6) is 0 Å². The number of ether oxygens (including phenoxy) is 1. The van der Waals surface area contributed by atoms with E-state index in [0.717, 1.165) is 25.2 Å². The van der Waals surface area contributed by atoms with Crippen LogP contribution >= 0.6 is 0 Å². The second-order valence-electron chi connectivity index (χ2n) is 3.94. The Morgan fingerprint density at radius 1 is 1.39 bits per heavy atom. The number of pyridine rings is 1. The number of methoxy groups -OCH3 is 1. The first-order valence-electron chi connectivity index (χ1n) is 6.26. The van der Waals surface area contributed by atoms with Crippen LogP contribution in [-0.2, 0) is 4.74 Å². The first-order chi connectivity index (χ1) is 8.77. The maximum Gasteiger partial charge on any atom is 0.269 e. The van der Waals surface area contributed by atoms with Crippen LogP contribution in [-0.4, -0.2) is 37.7 Å². The fraction of sp³-hybridized carbons (Fsp3) is 0.538. The largest absolute Gasteiger partial charge is 0.385 e. The summed E-state index contributed by atoms with van der Waals surface area (Å²) < 4.78 is 4.92. The molecule has 1 aromatic heterocycles. The molecule has 0 unspecified atom stereocenters. The minimum absolute atomic E-state index is 0.147. The summed E-state index contributed by atoms with van der Waals surface area (Å²) in [7, 11) is 1.65. The number of hydrogen-bond acceptors (Lipinski definition) is 4. The van der Waals surface area contributed by atoms with Crippen molar-refractivity contribution in [1.29, 1.82) is 0 Å². The summed E-state index contributed by atoms with van der Waals surface area (Å²) in [6.45, 7) is 4.18. The van der Waals surface area contributed by atoms with E-state index in [4.69, 9.17) is 4.74 Å². The number of amides is 1. The highest BCUT2D eigenvalue weighted by atomic mass is 16.5. The minimum atomic E-state index is -0.147. The minimum Gasteiger partial charge on any atom is -0.385 e. The summed E-state index contributed by atoms with van der Waals surface area (Å²) in [5, 5.41) is 5.96. The van der Waals surface area contributed by atoms with Gasteiger partial charge in [0, 0.05) is 26.8 Å². The summed E-state index contributed by atoms with van der Waals surface area (Å²) in [6.07, 6.45) is 1.82. The highest BCUT2D eigenvalue weighted by Gasteiger charge is 2.06. The van der Waals surface area contributed by atoms with Gasteiger partial charge in [-0.2, -0.15) is 0 Å². The zero-order valence-corrected chi connectivity index (χ0v) is 11.0. The smallest absolute Gasteiger partial charge is 0.269 e. The van der Waals surface area contributed by atoms with E-state index in [1.807, 2.05) is 12.1 Å². The Kier molecular flexibility index (Phi) is 6.79. The van der Waals surface area contributed by atoms with E-state index < -0.39 is 0 Å². The molecule has 0 spiro atoms. The topological polar surface area (TPSA) is 63.2 Å². The molecular weight excluding hydrogens is 230 g/mol. The molecule has 0 aliphatic carbocycles. The molecule has 0 atom stereocenters. The van der Waals surface area contributed by atoms with E-state index in [0.29, 0.717) is 18.8 Å². The number of carbonyl (C=O) groups excluding carboxylic acids is 1. The van der Waals surface area contributed by atoms with Crippen LogP contribution < -0.4 is 10.6 Å². The van der Waals surface area contributed by atoms with Gasteiger partial charge in [-0.1, -0.05) is 13.0 Å². The van der Waals surface area contributed by atoms with Crippen LogP contribution in [0.4, 0.5) is 5.82 Å². The second kappa shape index (κ2) is 8.47. The molecule has 1 amide bonds. The van der Waals surface area contributed by atoms with Crippen molar-refractivity contribution < 1.29 is 9.53 Å². The van der Waals surface area contributed by atoms with Gasteiger partial charge in [-0.3, -0.25) is 4.79 Å². The van der Waals surface area contributed by atoms with Gasteiger partial charge < -0.3 is 15.4 Å². The van der Waals surface area contributed by atoms with Crippen LogP contribution in [0, 0.1) is 0 Å². The van der Waals surface area contributed by atoms with Crippen molar-refractivity contribution in [3.63, 3.8) is 0 Å². The third kappa shape index (κ3) is 5.14. The van der Waals surface area contributed by atoms with Crippen molar-refractivity contribution in [2.24, 2.45) is 0 Å². The van der Waals surface area contributed by atoms with Gasteiger partial charge in [0.15, 0.2) is 0 Å². The molecule has 18 heavy (non-hydrogen) atoms. The maximum atomic E-state index is 11.8. The van der Waals surface area contributed by atoms with Crippen LogP contribution in [0.25, 0.3) is 0 Å². The Morgan fingerprint density at radius 3 is 2.94 bits per heavy atom. The zero-order chi connectivity index (χ0) is 13.2. The summed E-state index contributed by atoms with van der Waals surface area (Å²) in [6, 6.07) is 5.40. The van der Waals surface area contributed by atoms with Gasteiger partial charge in [0.05, 0.1) is 0 Å². The number of nitrogens with zero attached hydrogens (tertiary/aromatic N) is 1. The standard InChI is InChI=1S/C13H21N3O2/c1-3-8-14-12-7-4-6-11(16-12)13(17)15-9-5-10-18-2/h4,6-7H,3,5,8-10H2,1-2H3,(H,14,16)(H,15,17). The maximum absolute atomic E-state index is 11.8. The number of rotatable bonds is 8. The Hall–Kier alpha value is -1.62. The Balaban J connectivity index is 2.46. The van der Waals surface area contributed by atoms with Crippen LogP contribution in [0.15, 0.2) is 18.2 Å². The lowest BCUT2D eigenvalue weighted by atomic mass is 10.3. The fourth-order valence-electron chi connectivity index (χ4n) is 1.42. The molecule has 1 rings (SSSR count). The van der Waals surface area contributed by atoms with E-state index in [1.165, 1.54) is 0 Å². The van der Waals surface area contributed by atoms with Gasteiger partial charge in [0.1, 0.15) is 11.5 Å². The summed E-state index contributed by atoms with van der Waals surface area (Å²) in [5.74, 6) is 0.590. The first kappa shape index (κ1) is 14.4. The first-order valence-corrected chi connectivity index (χ1v) is 6.26. The Morgan fingerprint density at radius 2 is 2.22 bits per heavy atom. The molecule has 100 valence electrons. The van der Waals surface area contributed by atoms with Gasteiger partial charge in [0.2, 0.25) is 0 Å². The third-order valence-corrected chi connectivity index (χ3v) is 2.35. The van der Waals surface area contributed by atoms with Crippen LogP contribution in [0.2, 0.25) is 0 Å². The molecule has 1 aromatic rings. The van der Waals surface area contributed by atoms with Gasteiger partial charge in [-0.25, -0.2) is 4.98 Å². The molecular formula is C13H21N3O2. The lowest BCUT2D eigenvalue weighted by Gasteiger charge is -2.07. The molecule has 0 fully saturated rings. The monoisotopic (exact) mass is 251 g/mol. The average molecular weight is 251 g/mol. The van der Waals surface area contributed by atoms with Crippen molar-refractivity contribution in [3.05, 3.63) is 23.9 Å². The predicted octanol–water partition coefficient (Wildman–Crippen LogP) is 1.67. The number of aromatic nitrogens is 1. The van der Waals surface area contributed by atoms with E-state index in [-0.39, 0.29) is 5.91 Å². The van der Waals surface area contributed by atoms with Crippen LogP contribution in [0.1, 0.15) is 30.3 Å². The van der Waals surface area contributed by atoms with E-state index in [1.54, 1.807) is 13.2 Å². The molecule has 1 heterocycles. The summed E-state index contributed by atoms with van der Waals surface area (Å²) in [5.41, 5.74) is 0.438. The van der Waals surface area contributed by atoms with Gasteiger partial charge >= 0.3 is 0 Å².